The third-order valence-electron chi connectivity index (χ3n) is 4.15. The third kappa shape index (κ3) is 5.86. The lowest BCUT2D eigenvalue weighted by Gasteiger charge is -2.08. The van der Waals surface area contributed by atoms with Crippen molar-refractivity contribution in [2.45, 2.75) is 24.9 Å². The lowest BCUT2D eigenvalue weighted by Crippen LogP contribution is -2.33. The minimum atomic E-state index is -0.407. The van der Waals surface area contributed by atoms with Crippen molar-refractivity contribution < 1.29 is 14.0 Å². The summed E-state index contributed by atoms with van der Waals surface area (Å²) in [6.45, 7) is 4.04. The topological polar surface area (TPSA) is 102 Å². The van der Waals surface area contributed by atoms with Crippen LogP contribution in [-0.2, 0) is 9.59 Å². The maximum Gasteiger partial charge on any atom is 0.243 e. The third-order valence-corrected chi connectivity index (χ3v) is 5.07. The number of carbonyl (C=O) groups is 2. The zero-order valence-corrected chi connectivity index (χ0v) is 17.3. The van der Waals surface area contributed by atoms with E-state index in [-0.39, 0.29) is 18.2 Å². The minimum Gasteiger partial charge on any atom is -0.346 e. The molecule has 0 atom stereocenters. The van der Waals surface area contributed by atoms with Gasteiger partial charge in [-0.15, -0.1) is 5.10 Å². The molecular formula is C20H21FN6O2S. The van der Waals surface area contributed by atoms with Crippen molar-refractivity contribution in [3.8, 4) is 5.69 Å². The molecule has 0 fully saturated rings. The van der Waals surface area contributed by atoms with Gasteiger partial charge in [0.1, 0.15) is 5.82 Å². The van der Waals surface area contributed by atoms with Crippen LogP contribution in [0.3, 0.4) is 0 Å². The molecule has 0 aliphatic rings. The number of hydrogen-bond acceptors (Lipinski definition) is 6. The van der Waals surface area contributed by atoms with Crippen LogP contribution in [0.2, 0.25) is 0 Å². The molecule has 1 heterocycles. The second-order valence-corrected chi connectivity index (χ2v) is 7.68. The van der Waals surface area contributed by atoms with Crippen molar-refractivity contribution in [3.05, 3.63) is 59.9 Å². The van der Waals surface area contributed by atoms with E-state index in [1.165, 1.54) is 41.6 Å². The number of thioether (sulfide) groups is 1. The Kier molecular flexibility index (Phi) is 7.12. The molecule has 30 heavy (non-hydrogen) atoms. The Hall–Kier alpha value is -3.27. The highest BCUT2D eigenvalue weighted by atomic mass is 32.2. The first-order chi connectivity index (χ1) is 14.4. The first kappa shape index (κ1) is 21.4. The molecule has 156 valence electrons. The van der Waals surface area contributed by atoms with E-state index in [0.717, 1.165) is 5.69 Å². The molecule has 2 aromatic carbocycles. The van der Waals surface area contributed by atoms with Crippen LogP contribution in [0.25, 0.3) is 5.69 Å². The Morgan fingerprint density at radius 2 is 1.77 bits per heavy atom. The van der Waals surface area contributed by atoms with Crippen LogP contribution in [0.4, 0.5) is 10.1 Å². The first-order valence-corrected chi connectivity index (χ1v) is 10.2. The van der Waals surface area contributed by atoms with Crippen LogP contribution >= 0.6 is 11.8 Å². The number of rotatable bonds is 8. The molecule has 0 aliphatic heterocycles. The number of halogens is 1. The highest BCUT2D eigenvalue weighted by molar-refractivity contribution is 7.99. The molecule has 1 aromatic heterocycles. The summed E-state index contributed by atoms with van der Waals surface area (Å²) in [4.78, 5) is 24.0. The average molecular weight is 428 g/mol. The van der Waals surface area contributed by atoms with E-state index in [2.05, 4.69) is 40.0 Å². The average Bonchev–Trinajstić information content (AvgIpc) is 3.21. The maximum atomic E-state index is 12.9. The molecule has 2 N–H and O–H groups in total. The van der Waals surface area contributed by atoms with Crippen LogP contribution in [0.1, 0.15) is 25.3 Å². The van der Waals surface area contributed by atoms with Crippen molar-refractivity contribution >= 4 is 29.3 Å². The second-order valence-electron chi connectivity index (χ2n) is 6.74. The van der Waals surface area contributed by atoms with E-state index in [1.807, 2.05) is 24.3 Å². The molecule has 0 saturated heterocycles. The molecule has 3 rings (SSSR count). The number of carbonyl (C=O) groups excluding carboxylic acids is 2. The number of amides is 2. The predicted molar refractivity (Wildman–Crippen MR) is 112 cm³/mol. The molecule has 0 spiro atoms. The van der Waals surface area contributed by atoms with Crippen molar-refractivity contribution in [1.29, 1.82) is 0 Å². The summed E-state index contributed by atoms with van der Waals surface area (Å²) in [5, 5.41) is 17.2. The first-order valence-electron chi connectivity index (χ1n) is 9.26. The quantitative estimate of drug-likeness (QED) is 0.535. The number of aromatic nitrogens is 4. The maximum absolute atomic E-state index is 12.9. The Morgan fingerprint density at radius 1 is 1.07 bits per heavy atom. The molecule has 0 bridgehead atoms. The van der Waals surface area contributed by atoms with Crippen molar-refractivity contribution in [3.63, 3.8) is 0 Å². The van der Waals surface area contributed by atoms with Gasteiger partial charge in [-0.1, -0.05) is 37.7 Å². The molecule has 3 aromatic rings. The van der Waals surface area contributed by atoms with E-state index in [0.29, 0.717) is 16.8 Å². The largest absolute Gasteiger partial charge is 0.346 e. The Balaban J connectivity index is 1.49. The molecule has 0 aliphatic carbocycles. The molecule has 8 nitrogen and oxygen atoms in total. The Labute approximate surface area is 177 Å². The normalized spacial score (nSPS) is 10.8. The summed E-state index contributed by atoms with van der Waals surface area (Å²) >= 11 is 1.17. The van der Waals surface area contributed by atoms with E-state index < -0.39 is 11.7 Å². The highest BCUT2D eigenvalue weighted by Gasteiger charge is 2.13. The summed E-state index contributed by atoms with van der Waals surface area (Å²) in [7, 11) is 0. The lowest BCUT2D eigenvalue weighted by molar-refractivity contribution is -0.122. The van der Waals surface area contributed by atoms with Crippen LogP contribution in [-0.4, -0.2) is 44.3 Å². The van der Waals surface area contributed by atoms with Gasteiger partial charge in [0.05, 0.1) is 18.0 Å². The van der Waals surface area contributed by atoms with Crippen LogP contribution in [0.15, 0.2) is 53.7 Å². The fourth-order valence-corrected chi connectivity index (χ4v) is 3.25. The number of anilines is 1. The van der Waals surface area contributed by atoms with Gasteiger partial charge in [-0.25, -0.2) is 4.39 Å². The van der Waals surface area contributed by atoms with Gasteiger partial charge in [0.15, 0.2) is 0 Å². The number of nitrogens with zero attached hydrogens (tertiary/aromatic N) is 4. The van der Waals surface area contributed by atoms with Crippen LogP contribution < -0.4 is 10.6 Å². The molecule has 0 saturated carbocycles. The Bertz CT molecular complexity index is 1000. The van der Waals surface area contributed by atoms with E-state index in [4.69, 9.17) is 0 Å². The standard InChI is InChI=1S/C20H21FN6O2S/c1-13(2)14-3-9-17(10-4-14)27-20(24-25-26-27)30-12-19(29)22-11-18(28)23-16-7-5-15(21)6-8-16/h3-10,13H,11-12H2,1-2H3,(H,22,29)(H,23,28). The number of benzene rings is 2. The number of nitrogens with one attached hydrogen (secondary N) is 2. The van der Waals surface area contributed by atoms with Gasteiger partial charge in [-0.2, -0.15) is 4.68 Å². The van der Waals surface area contributed by atoms with Gasteiger partial charge in [-0.3, -0.25) is 9.59 Å². The van der Waals surface area contributed by atoms with Crippen molar-refractivity contribution in [2.24, 2.45) is 0 Å². The predicted octanol–water partition coefficient (Wildman–Crippen LogP) is 2.77. The fraction of sp³-hybridized carbons (Fsp3) is 0.250. The van der Waals surface area contributed by atoms with Gasteiger partial charge in [0, 0.05) is 5.69 Å². The van der Waals surface area contributed by atoms with E-state index in [1.54, 1.807) is 4.68 Å². The van der Waals surface area contributed by atoms with Gasteiger partial charge in [0.2, 0.25) is 17.0 Å². The van der Waals surface area contributed by atoms with Gasteiger partial charge in [0.25, 0.3) is 0 Å². The minimum absolute atomic E-state index is 0.0499. The molecule has 10 heteroatoms. The van der Waals surface area contributed by atoms with Gasteiger partial charge >= 0.3 is 0 Å². The second kappa shape index (κ2) is 9.97. The summed E-state index contributed by atoms with van der Waals surface area (Å²) in [5.74, 6) is -0.662. The van der Waals surface area contributed by atoms with Gasteiger partial charge in [-0.05, 0) is 58.3 Å². The lowest BCUT2D eigenvalue weighted by atomic mass is 10.0. The molecule has 0 radical (unpaired) electrons. The summed E-state index contributed by atoms with van der Waals surface area (Å²) in [6.07, 6.45) is 0. The Morgan fingerprint density at radius 3 is 2.43 bits per heavy atom. The molecular weight excluding hydrogens is 407 g/mol. The summed E-state index contributed by atoms with van der Waals surface area (Å²) in [6, 6.07) is 13.3. The SMILES string of the molecule is CC(C)c1ccc(-n2nnnc2SCC(=O)NCC(=O)Nc2ccc(F)cc2)cc1. The van der Waals surface area contributed by atoms with E-state index >= 15 is 0 Å². The fourth-order valence-electron chi connectivity index (χ4n) is 2.53. The zero-order valence-electron chi connectivity index (χ0n) is 16.5. The smallest absolute Gasteiger partial charge is 0.243 e. The van der Waals surface area contributed by atoms with Crippen LogP contribution in [0, 0.1) is 5.82 Å². The van der Waals surface area contributed by atoms with E-state index in [9.17, 15) is 14.0 Å². The number of tetrazole rings is 1. The summed E-state index contributed by atoms with van der Waals surface area (Å²) < 4.78 is 14.4. The molecule has 0 unspecified atom stereocenters. The van der Waals surface area contributed by atoms with Crippen molar-refractivity contribution in [2.75, 3.05) is 17.6 Å². The zero-order chi connectivity index (χ0) is 21.5. The number of hydrogen-bond donors (Lipinski definition) is 2. The van der Waals surface area contributed by atoms with Gasteiger partial charge < -0.3 is 10.6 Å². The van der Waals surface area contributed by atoms with Crippen LogP contribution in [0.5, 0.6) is 0 Å². The monoisotopic (exact) mass is 428 g/mol. The highest BCUT2D eigenvalue weighted by Crippen LogP contribution is 2.20. The molecule has 2 amide bonds. The van der Waals surface area contributed by atoms with Crippen molar-refractivity contribution in [1.82, 2.24) is 25.5 Å². The summed E-state index contributed by atoms with van der Waals surface area (Å²) in [5.41, 5.74) is 2.46.